The first-order valence-corrected chi connectivity index (χ1v) is 9.18. The minimum absolute atomic E-state index is 0.0360. The molecule has 1 aliphatic rings. The summed E-state index contributed by atoms with van der Waals surface area (Å²) in [5.41, 5.74) is 1.67. The minimum Gasteiger partial charge on any atom is -0.326 e. The van der Waals surface area contributed by atoms with Crippen molar-refractivity contribution in [1.29, 1.82) is 0 Å². The number of aryl methyl sites for hydroxylation is 1. The van der Waals surface area contributed by atoms with Crippen LogP contribution in [0.5, 0.6) is 0 Å². The van der Waals surface area contributed by atoms with Crippen LogP contribution < -0.4 is 16.2 Å². The number of hydrogen-bond donors (Lipinski definition) is 2. The summed E-state index contributed by atoms with van der Waals surface area (Å²) in [5, 5.41) is 11.2. The Morgan fingerprint density at radius 3 is 2.25 bits per heavy atom. The van der Waals surface area contributed by atoms with Crippen LogP contribution in [0.3, 0.4) is 0 Å². The first-order valence-electron chi connectivity index (χ1n) is 9.18. The van der Waals surface area contributed by atoms with E-state index in [1.54, 1.807) is 36.4 Å². The fraction of sp³-hybridized carbons (Fsp3) is 0.238. The third kappa shape index (κ3) is 3.78. The molecule has 2 aromatic carbocycles. The van der Waals surface area contributed by atoms with E-state index in [4.69, 9.17) is 0 Å². The van der Waals surface area contributed by atoms with Crippen molar-refractivity contribution >= 4 is 34.0 Å². The molecule has 3 aromatic rings. The van der Waals surface area contributed by atoms with Crippen LogP contribution in [-0.2, 0) is 16.1 Å². The molecular weight excluding hydrogens is 356 g/mol. The van der Waals surface area contributed by atoms with E-state index < -0.39 is 0 Å². The molecule has 2 amide bonds. The van der Waals surface area contributed by atoms with Crippen LogP contribution in [0.25, 0.3) is 10.8 Å². The predicted molar refractivity (Wildman–Crippen MR) is 107 cm³/mol. The highest BCUT2D eigenvalue weighted by Crippen LogP contribution is 2.30. The first-order chi connectivity index (χ1) is 13.5. The summed E-state index contributed by atoms with van der Waals surface area (Å²) in [6, 6.07) is 14.1. The van der Waals surface area contributed by atoms with E-state index in [1.165, 1.54) is 4.68 Å². The molecule has 0 saturated heterocycles. The zero-order chi connectivity index (χ0) is 19.7. The van der Waals surface area contributed by atoms with E-state index in [9.17, 15) is 14.4 Å². The molecular formula is C21H20N4O3. The van der Waals surface area contributed by atoms with Gasteiger partial charge in [0.05, 0.1) is 11.1 Å². The normalized spacial score (nSPS) is 13.3. The fourth-order valence-electron chi connectivity index (χ4n) is 3.07. The summed E-state index contributed by atoms with van der Waals surface area (Å²) in [6.45, 7) is 1.63. The first kappa shape index (κ1) is 17.9. The van der Waals surface area contributed by atoms with Gasteiger partial charge in [-0.05, 0) is 50.1 Å². The maximum absolute atomic E-state index is 12.6. The van der Waals surface area contributed by atoms with Crippen LogP contribution in [0.15, 0.2) is 53.3 Å². The molecule has 0 bridgehead atoms. The Bertz CT molecular complexity index is 1110. The topological polar surface area (TPSA) is 93.1 Å². The van der Waals surface area contributed by atoms with Gasteiger partial charge in [-0.25, -0.2) is 4.68 Å². The van der Waals surface area contributed by atoms with Crippen LogP contribution in [0.4, 0.5) is 11.4 Å². The Morgan fingerprint density at radius 1 is 1.00 bits per heavy atom. The Morgan fingerprint density at radius 2 is 1.61 bits per heavy atom. The second-order valence-electron chi connectivity index (χ2n) is 6.98. The molecule has 4 rings (SSSR count). The summed E-state index contributed by atoms with van der Waals surface area (Å²) in [6.07, 6.45) is 1.89. The highest BCUT2D eigenvalue weighted by Gasteiger charge is 2.29. The van der Waals surface area contributed by atoms with Gasteiger partial charge < -0.3 is 10.6 Å². The molecule has 1 aromatic heterocycles. The fourth-order valence-corrected chi connectivity index (χ4v) is 3.07. The van der Waals surface area contributed by atoms with Crippen LogP contribution >= 0.6 is 0 Å². The Balaban J connectivity index is 1.44. The zero-order valence-electron chi connectivity index (χ0n) is 15.4. The Labute approximate surface area is 161 Å². The third-order valence-corrected chi connectivity index (χ3v) is 4.73. The van der Waals surface area contributed by atoms with Crippen molar-refractivity contribution in [2.45, 2.75) is 26.3 Å². The highest BCUT2D eigenvalue weighted by molar-refractivity contribution is 5.95. The van der Waals surface area contributed by atoms with E-state index in [0.717, 1.165) is 18.2 Å². The summed E-state index contributed by atoms with van der Waals surface area (Å²) >= 11 is 0. The summed E-state index contributed by atoms with van der Waals surface area (Å²) in [4.78, 5) is 36.7. The largest absolute Gasteiger partial charge is 0.326 e. The molecule has 7 nitrogen and oxygen atoms in total. The average Bonchev–Trinajstić information content (AvgIpc) is 3.53. The van der Waals surface area contributed by atoms with Crippen molar-refractivity contribution in [1.82, 2.24) is 9.78 Å². The SMILES string of the molecule is Cc1nn(CC(=O)Nc2ccc(NC(=O)C3CC3)cc2)c(=O)c2ccccc12. The molecule has 0 spiro atoms. The number of carbonyl (C=O) groups is 2. The summed E-state index contributed by atoms with van der Waals surface area (Å²) in [5.74, 6) is -0.177. The van der Waals surface area contributed by atoms with E-state index >= 15 is 0 Å². The van der Waals surface area contributed by atoms with Gasteiger partial charge in [-0.2, -0.15) is 5.10 Å². The molecule has 1 saturated carbocycles. The summed E-state index contributed by atoms with van der Waals surface area (Å²) in [7, 11) is 0. The lowest BCUT2D eigenvalue weighted by atomic mass is 10.1. The number of fused-ring (bicyclic) bond motifs is 1. The lowest BCUT2D eigenvalue weighted by Gasteiger charge is -2.10. The van der Waals surface area contributed by atoms with E-state index in [1.807, 2.05) is 19.1 Å². The van der Waals surface area contributed by atoms with Gasteiger partial charge in [0.15, 0.2) is 0 Å². The number of benzene rings is 2. The van der Waals surface area contributed by atoms with Gasteiger partial charge in [0.1, 0.15) is 6.54 Å². The predicted octanol–water partition coefficient (Wildman–Crippen LogP) is 2.69. The van der Waals surface area contributed by atoms with Gasteiger partial charge in [-0.3, -0.25) is 14.4 Å². The number of carbonyl (C=O) groups excluding carboxylic acids is 2. The molecule has 1 fully saturated rings. The number of nitrogens with zero attached hydrogens (tertiary/aromatic N) is 2. The zero-order valence-corrected chi connectivity index (χ0v) is 15.4. The molecule has 1 aliphatic carbocycles. The highest BCUT2D eigenvalue weighted by atomic mass is 16.2. The lowest BCUT2D eigenvalue weighted by molar-refractivity contribution is -0.118. The van der Waals surface area contributed by atoms with Crippen molar-refractivity contribution < 1.29 is 9.59 Å². The Hall–Kier alpha value is -3.48. The van der Waals surface area contributed by atoms with Crippen molar-refractivity contribution in [2.24, 2.45) is 5.92 Å². The van der Waals surface area contributed by atoms with Crippen molar-refractivity contribution in [2.75, 3.05) is 10.6 Å². The van der Waals surface area contributed by atoms with Gasteiger partial charge in [0.2, 0.25) is 11.8 Å². The van der Waals surface area contributed by atoms with Crippen LogP contribution in [0.1, 0.15) is 18.5 Å². The molecule has 28 heavy (non-hydrogen) atoms. The molecule has 1 heterocycles. The number of hydrogen-bond acceptors (Lipinski definition) is 4. The van der Waals surface area contributed by atoms with Crippen LogP contribution in [0.2, 0.25) is 0 Å². The number of rotatable bonds is 5. The molecule has 0 unspecified atom stereocenters. The maximum atomic E-state index is 12.6. The monoisotopic (exact) mass is 376 g/mol. The van der Waals surface area contributed by atoms with Crippen molar-refractivity contribution in [3.05, 3.63) is 64.6 Å². The number of amides is 2. The second kappa shape index (κ2) is 7.26. The van der Waals surface area contributed by atoms with Gasteiger partial charge in [-0.1, -0.05) is 18.2 Å². The minimum atomic E-state index is -0.348. The van der Waals surface area contributed by atoms with Crippen molar-refractivity contribution in [3.63, 3.8) is 0 Å². The molecule has 0 aliphatic heterocycles. The van der Waals surface area contributed by atoms with Gasteiger partial charge in [-0.15, -0.1) is 0 Å². The number of nitrogens with one attached hydrogen (secondary N) is 2. The van der Waals surface area contributed by atoms with Crippen LogP contribution in [-0.4, -0.2) is 21.6 Å². The summed E-state index contributed by atoms with van der Waals surface area (Å²) < 4.78 is 1.18. The Kier molecular flexibility index (Phi) is 4.65. The molecule has 7 heteroatoms. The third-order valence-electron chi connectivity index (χ3n) is 4.73. The molecule has 2 N–H and O–H groups in total. The molecule has 142 valence electrons. The van der Waals surface area contributed by atoms with E-state index in [2.05, 4.69) is 15.7 Å². The molecule has 0 radical (unpaired) electrons. The number of aromatic nitrogens is 2. The van der Waals surface area contributed by atoms with E-state index in [0.29, 0.717) is 22.5 Å². The molecule has 0 atom stereocenters. The van der Waals surface area contributed by atoms with E-state index in [-0.39, 0.29) is 29.8 Å². The second-order valence-corrected chi connectivity index (χ2v) is 6.98. The van der Waals surface area contributed by atoms with Gasteiger partial charge in [0, 0.05) is 22.7 Å². The lowest BCUT2D eigenvalue weighted by Crippen LogP contribution is -2.30. The van der Waals surface area contributed by atoms with Crippen molar-refractivity contribution in [3.8, 4) is 0 Å². The maximum Gasteiger partial charge on any atom is 0.275 e. The van der Waals surface area contributed by atoms with Crippen LogP contribution in [0, 0.1) is 12.8 Å². The van der Waals surface area contributed by atoms with Gasteiger partial charge >= 0.3 is 0 Å². The quantitative estimate of drug-likeness (QED) is 0.716. The standard InChI is InChI=1S/C21H20N4O3/c1-13-17-4-2-3-5-18(17)21(28)25(24-13)12-19(26)22-15-8-10-16(11-9-15)23-20(27)14-6-7-14/h2-5,8-11,14H,6-7,12H2,1H3,(H,22,26)(H,23,27). The number of anilines is 2. The average molecular weight is 376 g/mol. The smallest absolute Gasteiger partial charge is 0.275 e. The van der Waals surface area contributed by atoms with Gasteiger partial charge in [0.25, 0.3) is 5.56 Å².